The first-order valence-corrected chi connectivity index (χ1v) is 10.5. The van der Waals surface area contributed by atoms with Crippen molar-refractivity contribution in [3.05, 3.63) is 75.5 Å². The van der Waals surface area contributed by atoms with Crippen molar-refractivity contribution < 1.29 is 19.6 Å². The number of nitrogens with zero attached hydrogens (tertiary/aromatic N) is 2. The van der Waals surface area contributed by atoms with Gasteiger partial charge in [-0.2, -0.15) is 0 Å². The van der Waals surface area contributed by atoms with E-state index < -0.39 is 11.0 Å². The topological polar surface area (TPSA) is 115 Å². The number of phenols is 1. The Morgan fingerprint density at radius 1 is 1.31 bits per heavy atom. The molecule has 2 aromatic carbocycles. The lowest BCUT2D eigenvalue weighted by molar-refractivity contribution is -0.383. The third-order valence-electron chi connectivity index (χ3n) is 5.47. The number of hydrogen-bond acceptors (Lipinski definition) is 6. The maximum absolute atomic E-state index is 12.7. The van der Waals surface area contributed by atoms with Crippen LogP contribution in [0.1, 0.15) is 43.4 Å². The lowest BCUT2D eigenvalue weighted by atomic mass is 9.92. The van der Waals surface area contributed by atoms with Gasteiger partial charge < -0.3 is 15.2 Å². The lowest BCUT2D eigenvalue weighted by Gasteiger charge is -2.27. The van der Waals surface area contributed by atoms with E-state index >= 15 is 0 Å². The maximum atomic E-state index is 12.7. The Bertz CT molecular complexity index is 1220. The van der Waals surface area contributed by atoms with E-state index in [2.05, 4.69) is 10.3 Å². The first kappa shape index (κ1) is 21.3. The summed E-state index contributed by atoms with van der Waals surface area (Å²) >= 11 is 0. The van der Waals surface area contributed by atoms with E-state index in [-0.39, 0.29) is 40.4 Å². The van der Waals surface area contributed by atoms with E-state index in [4.69, 9.17) is 4.74 Å². The molecule has 164 valence electrons. The van der Waals surface area contributed by atoms with Crippen LogP contribution in [0, 0.1) is 10.1 Å². The molecular formula is C24H23N3O5. The molecule has 1 aliphatic rings. The summed E-state index contributed by atoms with van der Waals surface area (Å²) in [6, 6.07) is 11.1. The van der Waals surface area contributed by atoms with Crippen LogP contribution in [0.2, 0.25) is 0 Å². The number of carbonyl (C=O) groups excluding carboxylic acids is 1. The monoisotopic (exact) mass is 433 g/mol. The maximum Gasteiger partial charge on any atom is 0.279 e. The predicted molar refractivity (Wildman–Crippen MR) is 120 cm³/mol. The van der Waals surface area contributed by atoms with Crippen molar-refractivity contribution in [3.63, 3.8) is 0 Å². The minimum Gasteiger partial charge on any atom is -0.505 e. The van der Waals surface area contributed by atoms with Gasteiger partial charge in [-0.05, 0) is 36.3 Å². The van der Waals surface area contributed by atoms with Crippen molar-refractivity contribution in [3.8, 4) is 11.5 Å². The van der Waals surface area contributed by atoms with Gasteiger partial charge in [0, 0.05) is 29.8 Å². The molecule has 2 N–H and O–H groups in total. The molecule has 8 nitrogen and oxygen atoms in total. The lowest BCUT2D eigenvalue weighted by Crippen LogP contribution is -2.32. The van der Waals surface area contributed by atoms with Crippen molar-refractivity contribution in [2.24, 2.45) is 0 Å². The number of benzene rings is 2. The first-order valence-electron chi connectivity index (χ1n) is 10.5. The second-order valence-corrected chi connectivity index (χ2v) is 7.64. The van der Waals surface area contributed by atoms with E-state index in [1.54, 1.807) is 6.07 Å². The zero-order valence-electron chi connectivity index (χ0n) is 17.6. The summed E-state index contributed by atoms with van der Waals surface area (Å²) in [6.07, 6.45) is 5.23. The summed E-state index contributed by atoms with van der Waals surface area (Å²) in [7, 11) is 0. The molecule has 1 atom stereocenters. The largest absolute Gasteiger partial charge is 0.505 e. The zero-order chi connectivity index (χ0) is 22.7. The number of nitrogens with one attached hydrogen (secondary N) is 1. The number of pyridine rings is 1. The summed E-state index contributed by atoms with van der Waals surface area (Å²) < 4.78 is 5.86. The van der Waals surface area contributed by atoms with Gasteiger partial charge in [-0.1, -0.05) is 31.5 Å². The van der Waals surface area contributed by atoms with Gasteiger partial charge in [-0.25, -0.2) is 0 Å². The third-order valence-corrected chi connectivity index (χ3v) is 5.47. The van der Waals surface area contributed by atoms with Crippen LogP contribution < -0.4 is 10.1 Å². The Morgan fingerprint density at radius 3 is 2.91 bits per heavy atom. The average molecular weight is 433 g/mol. The summed E-state index contributed by atoms with van der Waals surface area (Å²) in [5.41, 5.74) is 1.64. The van der Waals surface area contributed by atoms with Gasteiger partial charge in [-0.3, -0.25) is 19.9 Å². The number of para-hydroxylation sites is 1. The van der Waals surface area contributed by atoms with Gasteiger partial charge >= 0.3 is 0 Å². The molecule has 1 aliphatic heterocycles. The number of aromatic hydroxyl groups is 1. The van der Waals surface area contributed by atoms with Crippen LogP contribution in [-0.2, 0) is 4.79 Å². The number of carbonyl (C=O) groups is 1. The predicted octanol–water partition coefficient (Wildman–Crippen LogP) is 4.67. The van der Waals surface area contributed by atoms with Crippen LogP contribution in [0.4, 0.5) is 5.69 Å². The van der Waals surface area contributed by atoms with Crippen molar-refractivity contribution in [2.75, 3.05) is 6.61 Å². The van der Waals surface area contributed by atoms with Crippen LogP contribution in [0.5, 0.6) is 11.5 Å². The highest BCUT2D eigenvalue weighted by Gasteiger charge is 2.29. The Labute approximate surface area is 184 Å². The number of hydrogen-bond donors (Lipinski definition) is 2. The smallest absolute Gasteiger partial charge is 0.279 e. The molecule has 1 amide bonds. The Kier molecular flexibility index (Phi) is 6.02. The summed E-state index contributed by atoms with van der Waals surface area (Å²) in [5, 5.41) is 26.0. The standard InChI is InChI=1S/C24H23N3O5/c1-2-3-10-21(28)26-22(16-12-15-7-4-5-9-20(15)32-14-16)18-13-19(27(30)31)17-8-6-11-25-23(17)24(18)29/h4-9,11-13,22,29H,2-3,10,14H2,1H3,(H,26,28). The fourth-order valence-electron chi connectivity index (χ4n) is 3.84. The Hall–Kier alpha value is -3.94. The Morgan fingerprint density at radius 2 is 2.12 bits per heavy atom. The molecule has 2 heterocycles. The normalized spacial score (nSPS) is 13.6. The number of fused-ring (bicyclic) bond motifs is 2. The molecule has 8 heteroatoms. The number of nitro groups is 1. The summed E-state index contributed by atoms with van der Waals surface area (Å²) in [4.78, 5) is 28.1. The van der Waals surface area contributed by atoms with Crippen LogP contribution >= 0.6 is 0 Å². The molecule has 0 spiro atoms. The molecule has 0 radical (unpaired) electrons. The second-order valence-electron chi connectivity index (χ2n) is 7.64. The van der Waals surface area contributed by atoms with Gasteiger partial charge in [0.15, 0.2) is 0 Å². The molecule has 0 saturated carbocycles. The van der Waals surface area contributed by atoms with E-state index in [1.807, 2.05) is 37.3 Å². The Balaban J connectivity index is 1.86. The van der Waals surface area contributed by atoms with Crippen molar-refractivity contribution >= 4 is 28.6 Å². The molecule has 3 aromatic rings. The van der Waals surface area contributed by atoms with Crippen LogP contribution in [0.25, 0.3) is 17.0 Å². The molecule has 0 aliphatic carbocycles. The van der Waals surface area contributed by atoms with Crippen LogP contribution in [0.15, 0.2) is 54.2 Å². The van der Waals surface area contributed by atoms with E-state index in [0.29, 0.717) is 24.2 Å². The number of nitro benzene ring substituents is 1. The summed E-state index contributed by atoms with van der Waals surface area (Å²) in [6.45, 7) is 2.16. The molecule has 0 fully saturated rings. The molecular weight excluding hydrogens is 410 g/mol. The zero-order valence-corrected chi connectivity index (χ0v) is 17.6. The number of aromatic nitrogens is 1. The highest BCUT2D eigenvalue weighted by molar-refractivity contribution is 5.94. The second kappa shape index (κ2) is 9.05. The SMILES string of the molecule is CCCCC(=O)NC(C1=Cc2ccccc2OC1)c1cc([N+](=O)[O-])c2cccnc2c1O. The van der Waals surface area contributed by atoms with Gasteiger partial charge in [0.1, 0.15) is 23.6 Å². The molecule has 1 aromatic heterocycles. The molecule has 32 heavy (non-hydrogen) atoms. The molecule has 0 saturated heterocycles. The fourth-order valence-corrected chi connectivity index (χ4v) is 3.84. The van der Waals surface area contributed by atoms with Gasteiger partial charge in [0.2, 0.25) is 5.91 Å². The number of ether oxygens (including phenoxy) is 1. The number of unbranched alkanes of at least 4 members (excludes halogenated alkanes) is 1. The third kappa shape index (κ3) is 4.12. The van der Waals surface area contributed by atoms with Gasteiger partial charge in [0.05, 0.1) is 16.4 Å². The van der Waals surface area contributed by atoms with E-state index in [9.17, 15) is 20.0 Å². The highest BCUT2D eigenvalue weighted by Crippen LogP contribution is 2.41. The van der Waals surface area contributed by atoms with E-state index in [0.717, 1.165) is 12.0 Å². The van der Waals surface area contributed by atoms with Gasteiger partial charge in [0.25, 0.3) is 5.69 Å². The first-order chi connectivity index (χ1) is 15.5. The van der Waals surface area contributed by atoms with Crippen LogP contribution in [0.3, 0.4) is 0 Å². The number of amides is 1. The summed E-state index contributed by atoms with van der Waals surface area (Å²) in [5.74, 6) is 0.300. The molecule has 1 unspecified atom stereocenters. The minimum atomic E-state index is -0.808. The highest BCUT2D eigenvalue weighted by atomic mass is 16.6. The van der Waals surface area contributed by atoms with Crippen molar-refractivity contribution in [2.45, 2.75) is 32.2 Å². The number of rotatable bonds is 7. The fraction of sp³-hybridized carbons (Fsp3) is 0.250. The molecule has 0 bridgehead atoms. The van der Waals surface area contributed by atoms with Crippen molar-refractivity contribution in [1.82, 2.24) is 10.3 Å². The number of phenolic OH excluding ortho intramolecular Hbond substituents is 1. The average Bonchev–Trinajstić information content (AvgIpc) is 2.81. The minimum absolute atomic E-state index is 0.113. The number of non-ortho nitro benzene ring substituents is 1. The van der Waals surface area contributed by atoms with Crippen molar-refractivity contribution in [1.29, 1.82) is 0 Å². The van der Waals surface area contributed by atoms with Gasteiger partial charge in [-0.15, -0.1) is 0 Å². The quantitative estimate of drug-likeness (QED) is 0.413. The van der Waals surface area contributed by atoms with Crippen LogP contribution in [-0.4, -0.2) is 27.5 Å². The van der Waals surface area contributed by atoms with E-state index in [1.165, 1.54) is 18.3 Å². The molecule has 4 rings (SSSR count).